The van der Waals surface area contributed by atoms with E-state index in [1.807, 2.05) is 0 Å². The fourth-order valence-electron chi connectivity index (χ4n) is 3.75. The Morgan fingerprint density at radius 1 is 1.40 bits per heavy atom. The molecule has 1 aliphatic carbocycles. The van der Waals surface area contributed by atoms with E-state index in [1.54, 1.807) is 12.1 Å². The minimum Gasteiger partial charge on any atom is -0.389 e. The van der Waals surface area contributed by atoms with Crippen LogP contribution in [0.2, 0.25) is 5.02 Å². The Balaban J connectivity index is 2.24. The lowest BCUT2D eigenvalue weighted by molar-refractivity contribution is -0.0795. The Morgan fingerprint density at radius 3 is 2.70 bits per heavy atom. The van der Waals surface area contributed by atoms with Gasteiger partial charge in [-0.05, 0) is 48.3 Å². The summed E-state index contributed by atoms with van der Waals surface area (Å²) in [5.41, 5.74) is 0.214. The van der Waals surface area contributed by atoms with Gasteiger partial charge in [-0.3, -0.25) is 0 Å². The van der Waals surface area contributed by atoms with Gasteiger partial charge in [0, 0.05) is 6.42 Å². The van der Waals surface area contributed by atoms with Gasteiger partial charge >= 0.3 is 0 Å². The molecule has 1 aromatic rings. The Kier molecular flexibility index (Phi) is 4.76. The monoisotopic (exact) mass is 298 g/mol. The highest BCUT2D eigenvalue weighted by atomic mass is 35.5. The van der Waals surface area contributed by atoms with Crippen LogP contribution in [0.25, 0.3) is 0 Å². The van der Waals surface area contributed by atoms with Crippen LogP contribution in [-0.2, 0) is 6.42 Å². The molecule has 0 radical (unpaired) electrons. The molecule has 1 N–H and O–H groups in total. The van der Waals surface area contributed by atoms with Gasteiger partial charge in [0.1, 0.15) is 5.82 Å². The third-order valence-electron chi connectivity index (χ3n) is 4.66. The highest BCUT2D eigenvalue weighted by Crippen LogP contribution is 2.43. The Morgan fingerprint density at radius 2 is 2.10 bits per heavy atom. The second kappa shape index (κ2) is 6.03. The molecule has 20 heavy (non-hydrogen) atoms. The maximum absolute atomic E-state index is 13.2. The van der Waals surface area contributed by atoms with Crippen LogP contribution in [-0.4, -0.2) is 10.7 Å². The van der Waals surface area contributed by atoms with Crippen molar-refractivity contribution < 1.29 is 9.50 Å². The molecule has 1 aliphatic rings. The third kappa shape index (κ3) is 3.35. The summed E-state index contributed by atoms with van der Waals surface area (Å²) in [6, 6.07) is 4.76. The second-order valence-electron chi connectivity index (χ2n) is 6.77. The molecular formula is C17H24ClFO. The number of benzene rings is 1. The molecule has 1 nitrogen and oxygen atoms in total. The van der Waals surface area contributed by atoms with Crippen molar-refractivity contribution in [2.24, 2.45) is 17.8 Å². The second-order valence-corrected chi connectivity index (χ2v) is 7.17. The summed E-state index contributed by atoms with van der Waals surface area (Å²) >= 11 is 5.85. The van der Waals surface area contributed by atoms with Crippen molar-refractivity contribution in [2.45, 2.75) is 52.1 Å². The molecule has 3 unspecified atom stereocenters. The normalized spacial score (nSPS) is 30.8. The molecule has 1 fully saturated rings. The average Bonchev–Trinajstić information content (AvgIpc) is 2.32. The third-order valence-corrected chi connectivity index (χ3v) is 4.95. The van der Waals surface area contributed by atoms with Crippen LogP contribution < -0.4 is 0 Å². The fraction of sp³-hybridized carbons (Fsp3) is 0.647. The number of aliphatic hydroxyl groups is 1. The molecule has 0 spiro atoms. The first kappa shape index (κ1) is 15.8. The van der Waals surface area contributed by atoms with E-state index in [0.717, 1.165) is 18.4 Å². The summed E-state index contributed by atoms with van der Waals surface area (Å²) in [5, 5.41) is 11.3. The minimum absolute atomic E-state index is 0.135. The van der Waals surface area contributed by atoms with Gasteiger partial charge in [0.15, 0.2) is 0 Å². The van der Waals surface area contributed by atoms with Crippen LogP contribution in [0.3, 0.4) is 0 Å². The maximum Gasteiger partial charge on any atom is 0.141 e. The maximum atomic E-state index is 13.2. The van der Waals surface area contributed by atoms with Crippen molar-refractivity contribution in [3.05, 3.63) is 34.6 Å². The predicted molar refractivity (Wildman–Crippen MR) is 81.4 cm³/mol. The average molecular weight is 299 g/mol. The number of hydrogen-bond donors (Lipinski definition) is 1. The quantitative estimate of drug-likeness (QED) is 0.846. The van der Waals surface area contributed by atoms with Gasteiger partial charge in [0.2, 0.25) is 0 Å². The summed E-state index contributed by atoms with van der Waals surface area (Å²) in [6.45, 7) is 6.53. The number of halogens is 2. The van der Waals surface area contributed by atoms with Crippen LogP contribution >= 0.6 is 11.6 Å². The zero-order chi connectivity index (χ0) is 14.9. The van der Waals surface area contributed by atoms with Crippen LogP contribution in [0, 0.1) is 23.6 Å². The summed E-state index contributed by atoms with van der Waals surface area (Å²) in [5.74, 6) is 0.872. The van der Waals surface area contributed by atoms with Crippen molar-refractivity contribution in [1.29, 1.82) is 0 Å². The van der Waals surface area contributed by atoms with E-state index in [0.29, 0.717) is 24.2 Å². The molecule has 3 atom stereocenters. The Hall–Kier alpha value is -0.600. The summed E-state index contributed by atoms with van der Waals surface area (Å²) < 4.78 is 13.2. The van der Waals surface area contributed by atoms with Crippen molar-refractivity contribution >= 4 is 11.6 Å². The highest BCUT2D eigenvalue weighted by molar-refractivity contribution is 6.30. The van der Waals surface area contributed by atoms with Gasteiger partial charge in [-0.2, -0.15) is 0 Å². The first-order chi connectivity index (χ1) is 9.32. The molecule has 1 aromatic carbocycles. The molecule has 1 saturated carbocycles. The molecule has 3 heteroatoms. The van der Waals surface area contributed by atoms with E-state index >= 15 is 0 Å². The van der Waals surface area contributed by atoms with Crippen LogP contribution in [0.5, 0.6) is 0 Å². The van der Waals surface area contributed by atoms with Crippen LogP contribution in [0.4, 0.5) is 4.39 Å². The Bertz CT molecular complexity index is 474. The minimum atomic E-state index is -0.701. The van der Waals surface area contributed by atoms with Crippen LogP contribution in [0.15, 0.2) is 18.2 Å². The predicted octanol–water partition coefficient (Wildman–Crippen LogP) is 4.84. The zero-order valence-electron chi connectivity index (χ0n) is 12.5. The molecule has 2 rings (SSSR count). The van der Waals surface area contributed by atoms with E-state index in [2.05, 4.69) is 20.8 Å². The lowest BCUT2D eigenvalue weighted by Gasteiger charge is -2.45. The van der Waals surface area contributed by atoms with E-state index in [-0.39, 0.29) is 5.02 Å². The molecule has 0 aliphatic heterocycles. The van der Waals surface area contributed by atoms with Gasteiger partial charge in [-0.1, -0.05) is 44.9 Å². The van der Waals surface area contributed by atoms with Gasteiger partial charge in [-0.15, -0.1) is 0 Å². The molecule has 0 heterocycles. The largest absolute Gasteiger partial charge is 0.389 e. The van der Waals surface area contributed by atoms with E-state index in [9.17, 15) is 9.50 Å². The fourth-order valence-corrected chi connectivity index (χ4v) is 3.95. The van der Waals surface area contributed by atoms with Crippen molar-refractivity contribution in [3.8, 4) is 0 Å². The summed E-state index contributed by atoms with van der Waals surface area (Å²) in [7, 11) is 0. The van der Waals surface area contributed by atoms with Gasteiger partial charge in [0.05, 0.1) is 10.6 Å². The van der Waals surface area contributed by atoms with E-state index in [1.165, 1.54) is 12.5 Å². The topological polar surface area (TPSA) is 20.2 Å². The first-order valence-corrected chi connectivity index (χ1v) is 7.86. The van der Waals surface area contributed by atoms with Crippen molar-refractivity contribution in [3.63, 3.8) is 0 Å². The highest BCUT2D eigenvalue weighted by Gasteiger charge is 2.42. The van der Waals surface area contributed by atoms with Gasteiger partial charge in [0.25, 0.3) is 0 Å². The zero-order valence-corrected chi connectivity index (χ0v) is 13.3. The van der Waals surface area contributed by atoms with Crippen molar-refractivity contribution in [1.82, 2.24) is 0 Å². The van der Waals surface area contributed by atoms with Crippen molar-refractivity contribution in [2.75, 3.05) is 0 Å². The molecule has 0 bridgehead atoms. The molecule has 0 amide bonds. The molecule has 112 valence electrons. The molecular weight excluding hydrogens is 275 g/mol. The van der Waals surface area contributed by atoms with Gasteiger partial charge < -0.3 is 5.11 Å². The van der Waals surface area contributed by atoms with E-state index < -0.39 is 11.4 Å². The number of rotatable bonds is 3. The molecule has 0 saturated heterocycles. The van der Waals surface area contributed by atoms with Crippen LogP contribution in [0.1, 0.15) is 45.6 Å². The standard InChI is InChI=1S/C17H24ClFO/c1-11(2)14-6-4-12(3)9-17(14,20)10-13-5-7-16(19)15(18)8-13/h5,7-8,11-12,14,20H,4,6,9-10H2,1-3H3. The SMILES string of the molecule is CC1CCC(C(C)C)C(O)(Cc2ccc(F)c(Cl)c2)C1. The van der Waals surface area contributed by atoms with Gasteiger partial charge in [-0.25, -0.2) is 4.39 Å². The lowest BCUT2D eigenvalue weighted by atomic mass is 9.65. The Labute approximate surface area is 126 Å². The smallest absolute Gasteiger partial charge is 0.141 e. The summed E-state index contributed by atoms with van der Waals surface area (Å²) in [4.78, 5) is 0. The lowest BCUT2D eigenvalue weighted by Crippen LogP contribution is -2.47. The number of hydrogen-bond acceptors (Lipinski definition) is 1. The van der Waals surface area contributed by atoms with E-state index in [4.69, 9.17) is 11.6 Å². The molecule has 0 aromatic heterocycles. The summed E-state index contributed by atoms with van der Waals surface area (Å²) in [6.07, 6.45) is 3.60. The first-order valence-electron chi connectivity index (χ1n) is 7.48.